The van der Waals surface area contributed by atoms with E-state index >= 15 is 0 Å². The summed E-state index contributed by atoms with van der Waals surface area (Å²) in [6.07, 6.45) is 0. The lowest BCUT2D eigenvalue weighted by molar-refractivity contribution is -0.119. The average Bonchev–Trinajstić information content (AvgIpc) is 2.04. The number of carbonyl (C=O) groups is 1. The van der Waals surface area contributed by atoms with Crippen molar-refractivity contribution in [1.82, 2.24) is 5.32 Å². The molecule has 0 bridgehead atoms. The first-order valence-corrected chi connectivity index (χ1v) is 3.86. The van der Waals surface area contributed by atoms with Crippen LogP contribution in [0.2, 0.25) is 0 Å². The van der Waals surface area contributed by atoms with Crippen LogP contribution in [0.25, 0.3) is 0 Å². The van der Waals surface area contributed by atoms with Crippen LogP contribution in [0.4, 0.5) is 0 Å². The zero-order chi connectivity index (χ0) is 9.90. The monoisotopic (exact) mass is 164 g/mol. The standard InChI is InChI=1S/C10H13NO/c1-8(11-9(2)12)10-6-4-3-5-7-10/h3-8H,1-2H3,(H,11,12)/t8-/m1/s1/i8D. The van der Waals surface area contributed by atoms with Gasteiger partial charge in [0.2, 0.25) is 5.91 Å². The highest BCUT2D eigenvalue weighted by Gasteiger charge is 2.03. The van der Waals surface area contributed by atoms with Gasteiger partial charge in [0, 0.05) is 6.92 Å². The second-order valence-electron chi connectivity index (χ2n) is 2.67. The van der Waals surface area contributed by atoms with Crippen LogP contribution in [0.15, 0.2) is 30.3 Å². The van der Waals surface area contributed by atoms with E-state index in [9.17, 15) is 4.79 Å². The van der Waals surface area contributed by atoms with Crippen LogP contribution in [-0.2, 0) is 4.79 Å². The Morgan fingerprint density at radius 1 is 1.50 bits per heavy atom. The molecule has 2 nitrogen and oxygen atoms in total. The third-order valence-electron chi connectivity index (χ3n) is 1.57. The van der Waals surface area contributed by atoms with Gasteiger partial charge in [-0.05, 0) is 12.5 Å². The van der Waals surface area contributed by atoms with Crippen LogP contribution in [-0.4, -0.2) is 5.91 Å². The highest BCUT2D eigenvalue weighted by atomic mass is 16.1. The van der Waals surface area contributed by atoms with Crippen molar-refractivity contribution in [3.05, 3.63) is 35.9 Å². The van der Waals surface area contributed by atoms with Gasteiger partial charge in [-0.25, -0.2) is 0 Å². The van der Waals surface area contributed by atoms with E-state index in [0.29, 0.717) is 0 Å². The second kappa shape index (κ2) is 3.90. The first-order chi connectivity index (χ1) is 6.02. The number of rotatable bonds is 2. The van der Waals surface area contributed by atoms with E-state index in [1.807, 2.05) is 30.3 Å². The minimum atomic E-state index is -1.03. The third-order valence-corrected chi connectivity index (χ3v) is 1.57. The molecular formula is C10H13NO. The predicted molar refractivity (Wildman–Crippen MR) is 48.7 cm³/mol. The number of hydrogen-bond acceptors (Lipinski definition) is 1. The van der Waals surface area contributed by atoms with Gasteiger partial charge in [-0.15, -0.1) is 0 Å². The van der Waals surface area contributed by atoms with Crippen LogP contribution in [0.3, 0.4) is 0 Å². The van der Waals surface area contributed by atoms with Crippen molar-refractivity contribution in [3.8, 4) is 0 Å². The van der Waals surface area contributed by atoms with Crippen LogP contribution in [0.5, 0.6) is 0 Å². The van der Waals surface area contributed by atoms with Gasteiger partial charge in [-0.2, -0.15) is 0 Å². The lowest BCUT2D eigenvalue weighted by Crippen LogP contribution is -2.23. The Labute approximate surface area is 74.0 Å². The number of nitrogens with one attached hydrogen (secondary N) is 1. The fourth-order valence-electron chi connectivity index (χ4n) is 1.02. The maximum absolute atomic E-state index is 10.8. The number of benzene rings is 1. The fourth-order valence-corrected chi connectivity index (χ4v) is 1.02. The summed E-state index contributed by atoms with van der Waals surface area (Å²) < 4.78 is 7.87. The first kappa shape index (κ1) is 7.35. The second-order valence-corrected chi connectivity index (χ2v) is 2.67. The topological polar surface area (TPSA) is 29.1 Å². The molecule has 0 aliphatic rings. The molecule has 0 heterocycles. The molecule has 0 saturated carbocycles. The van der Waals surface area contributed by atoms with Crippen molar-refractivity contribution in [2.75, 3.05) is 0 Å². The van der Waals surface area contributed by atoms with Gasteiger partial charge in [0.05, 0.1) is 7.39 Å². The van der Waals surface area contributed by atoms with Gasteiger partial charge < -0.3 is 5.32 Å². The van der Waals surface area contributed by atoms with Crippen LogP contribution in [0.1, 0.15) is 26.8 Å². The molecule has 0 aliphatic carbocycles. The molecule has 0 saturated heterocycles. The van der Waals surface area contributed by atoms with E-state index in [1.54, 1.807) is 6.92 Å². The Hall–Kier alpha value is -1.31. The molecule has 0 unspecified atom stereocenters. The number of carbonyl (C=O) groups excluding carboxylic acids is 1. The SMILES string of the molecule is [2H][C@](C)(NC(C)=O)c1ccccc1. The minimum absolute atomic E-state index is 0.193. The smallest absolute Gasteiger partial charge is 0.217 e. The van der Waals surface area contributed by atoms with E-state index in [1.165, 1.54) is 6.92 Å². The molecule has 2 heteroatoms. The molecule has 0 spiro atoms. The summed E-state index contributed by atoms with van der Waals surface area (Å²) in [7, 11) is 0. The molecule has 0 aromatic heterocycles. The average molecular weight is 164 g/mol. The maximum Gasteiger partial charge on any atom is 0.217 e. The molecule has 1 amide bonds. The number of hydrogen-bond donors (Lipinski definition) is 1. The lowest BCUT2D eigenvalue weighted by Gasteiger charge is -2.11. The largest absolute Gasteiger partial charge is 0.350 e. The highest BCUT2D eigenvalue weighted by Crippen LogP contribution is 2.10. The van der Waals surface area contributed by atoms with Crippen molar-refractivity contribution < 1.29 is 6.17 Å². The van der Waals surface area contributed by atoms with Gasteiger partial charge in [0.1, 0.15) is 0 Å². The summed E-state index contributed by atoms with van der Waals surface area (Å²) in [5.74, 6) is -0.193. The Morgan fingerprint density at radius 2 is 2.08 bits per heavy atom. The molecule has 0 radical (unpaired) electrons. The molecule has 1 aromatic carbocycles. The van der Waals surface area contributed by atoms with Gasteiger partial charge in [-0.1, -0.05) is 30.3 Å². The molecular weight excluding hydrogens is 150 g/mol. The van der Waals surface area contributed by atoms with Crippen molar-refractivity contribution >= 4 is 5.91 Å². The molecule has 12 heavy (non-hydrogen) atoms. The minimum Gasteiger partial charge on any atom is -0.350 e. The Balaban J connectivity index is 2.87. The van der Waals surface area contributed by atoms with Crippen LogP contribution < -0.4 is 5.32 Å². The predicted octanol–water partition coefficient (Wildman–Crippen LogP) is 1.88. The summed E-state index contributed by atoms with van der Waals surface area (Å²) in [6.45, 7) is 3.07. The summed E-state index contributed by atoms with van der Waals surface area (Å²) in [6, 6.07) is 8.19. The van der Waals surface area contributed by atoms with Gasteiger partial charge in [0.15, 0.2) is 0 Å². The van der Waals surface area contributed by atoms with Crippen molar-refractivity contribution in [2.24, 2.45) is 0 Å². The maximum atomic E-state index is 10.8. The molecule has 0 aliphatic heterocycles. The molecule has 1 aromatic rings. The molecule has 1 rings (SSSR count). The highest BCUT2D eigenvalue weighted by molar-refractivity contribution is 5.73. The fraction of sp³-hybridized carbons (Fsp3) is 0.300. The first-order valence-electron chi connectivity index (χ1n) is 4.36. The Morgan fingerprint density at radius 3 is 2.58 bits per heavy atom. The van der Waals surface area contributed by atoms with Crippen LogP contribution in [0, 0.1) is 0 Å². The van der Waals surface area contributed by atoms with E-state index in [4.69, 9.17) is 1.37 Å². The summed E-state index contributed by atoms with van der Waals surface area (Å²) >= 11 is 0. The molecule has 64 valence electrons. The third kappa shape index (κ3) is 2.38. The van der Waals surface area contributed by atoms with Crippen molar-refractivity contribution in [1.29, 1.82) is 0 Å². The van der Waals surface area contributed by atoms with E-state index in [0.717, 1.165) is 5.56 Å². The van der Waals surface area contributed by atoms with E-state index in [2.05, 4.69) is 5.32 Å². The van der Waals surface area contributed by atoms with Crippen molar-refractivity contribution in [2.45, 2.75) is 19.9 Å². The summed E-state index contributed by atoms with van der Waals surface area (Å²) in [4.78, 5) is 10.8. The quantitative estimate of drug-likeness (QED) is 0.710. The molecule has 0 fully saturated rings. The summed E-state index contributed by atoms with van der Waals surface area (Å²) in [5.41, 5.74) is 0.783. The lowest BCUT2D eigenvalue weighted by atomic mass is 10.1. The van der Waals surface area contributed by atoms with Crippen molar-refractivity contribution in [3.63, 3.8) is 0 Å². The van der Waals surface area contributed by atoms with Gasteiger partial charge in [-0.3, -0.25) is 4.79 Å². The normalized spacial score (nSPS) is 16.0. The zero-order valence-electron chi connectivity index (χ0n) is 8.29. The zero-order valence-corrected chi connectivity index (χ0v) is 7.29. The molecule has 1 atom stereocenters. The molecule has 1 N–H and O–H groups in total. The Kier molecular flexibility index (Phi) is 2.39. The Bertz CT molecular complexity index is 295. The summed E-state index contributed by atoms with van der Waals surface area (Å²) in [5, 5.41) is 2.56. The van der Waals surface area contributed by atoms with E-state index < -0.39 is 6.02 Å². The van der Waals surface area contributed by atoms with Crippen LogP contribution >= 0.6 is 0 Å². The van der Waals surface area contributed by atoms with Gasteiger partial charge in [0.25, 0.3) is 0 Å². The van der Waals surface area contributed by atoms with Gasteiger partial charge >= 0.3 is 0 Å². The van der Waals surface area contributed by atoms with E-state index in [-0.39, 0.29) is 5.91 Å². The number of amides is 1.